The van der Waals surface area contributed by atoms with E-state index in [1.807, 2.05) is 0 Å². The van der Waals surface area contributed by atoms with Crippen LogP contribution in [-0.2, 0) is 4.79 Å². The Hall–Kier alpha value is -3.49. The molecule has 0 saturated heterocycles. The van der Waals surface area contributed by atoms with Crippen LogP contribution in [0.5, 0.6) is 11.5 Å². The van der Waals surface area contributed by atoms with E-state index in [1.54, 1.807) is 12.1 Å². The molecular formula is C19H19F2N3O4. The first kappa shape index (κ1) is 20.8. The van der Waals surface area contributed by atoms with Crippen LogP contribution in [-0.4, -0.2) is 31.7 Å². The van der Waals surface area contributed by atoms with Crippen molar-refractivity contribution in [3.05, 3.63) is 53.6 Å². The predicted molar refractivity (Wildman–Crippen MR) is 99.7 cm³/mol. The number of halogens is 2. The summed E-state index contributed by atoms with van der Waals surface area (Å²) in [4.78, 5) is 24.2. The van der Waals surface area contributed by atoms with Crippen molar-refractivity contribution < 1.29 is 27.8 Å². The molecule has 0 aliphatic rings. The summed E-state index contributed by atoms with van der Waals surface area (Å²) in [5, 5.41) is 6.16. The van der Waals surface area contributed by atoms with Gasteiger partial charge in [0.1, 0.15) is 23.1 Å². The Labute approximate surface area is 160 Å². The highest BCUT2D eigenvalue weighted by atomic mass is 19.1. The predicted octanol–water partition coefficient (Wildman–Crippen LogP) is 3.12. The molecule has 0 aromatic heterocycles. The molecule has 0 atom stereocenters. The molecule has 0 aliphatic carbocycles. The topological polar surface area (TPSA) is 89.0 Å². The van der Waals surface area contributed by atoms with E-state index in [2.05, 4.69) is 15.8 Å². The van der Waals surface area contributed by atoms with Crippen LogP contribution in [0.25, 0.3) is 0 Å². The monoisotopic (exact) mass is 391 g/mol. The molecule has 148 valence electrons. The number of rotatable bonds is 7. The van der Waals surface area contributed by atoms with E-state index < -0.39 is 23.4 Å². The Morgan fingerprint density at radius 2 is 1.82 bits per heavy atom. The van der Waals surface area contributed by atoms with Gasteiger partial charge in [0.25, 0.3) is 5.91 Å². The molecule has 9 heteroatoms. The maximum Gasteiger partial charge on any atom is 0.275 e. The summed E-state index contributed by atoms with van der Waals surface area (Å²) in [6, 6.07) is 7.48. The van der Waals surface area contributed by atoms with Gasteiger partial charge in [-0.3, -0.25) is 9.59 Å². The Morgan fingerprint density at radius 3 is 2.46 bits per heavy atom. The second-order valence-corrected chi connectivity index (χ2v) is 5.70. The molecule has 2 N–H and O–H groups in total. The van der Waals surface area contributed by atoms with Crippen molar-refractivity contribution >= 4 is 23.2 Å². The smallest absolute Gasteiger partial charge is 0.275 e. The van der Waals surface area contributed by atoms with Crippen LogP contribution in [0.1, 0.15) is 23.7 Å². The average molecular weight is 391 g/mol. The zero-order valence-electron chi connectivity index (χ0n) is 15.5. The van der Waals surface area contributed by atoms with Crippen molar-refractivity contribution in [1.29, 1.82) is 0 Å². The van der Waals surface area contributed by atoms with E-state index in [-0.39, 0.29) is 23.4 Å². The molecule has 0 aliphatic heterocycles. The summed E-state index contributed by atoms with van der Waals surface area (Å²) in [6.07, 6.45) is -0.198. The summed E-state index contributed by atoms with van der Waals surface area (Å²) in [5.41, 5.74) is 2.69. The first-order valence-electron chi connectivity index (χ1n) is 8.14. The molecular weight excluding hydrogens is 372 g/mol. The lowest BCUT2D eigenvalue weighted by atomic mass is 10.2. The van der Waals surface area contributed by atoms with Gasteiger partial charge in [0.15, 0.2) is 0 Å². The number of carbonyl (C=O) groups is 2. The van der Waals surface area contributed by atoms with E-state index in [1.165, 1.54) is 27.2 Å². The number of hydrazone groups is 1. The molecule has 2 aromatic carbocycles. The van der Waals surface area contributed by atoms with Gasteiger partial charge >= 0.3 is 0 Å². The minimum atomic E-state index is -0.886. The summed E-state index contributed by atoms with van der Waals surface area (Å²) < 4.78 is 36.6. The minimum absolute atomic E-state index is 0.147. The molecule has 0 fully saturated rings. The van der Waals surface area contributed by atoms with Gasteiger partial charge in [-0.25, -0.2) is 14.2 Å². The van der Waals surface area contributed by atoms with Crippen LogP contribution < -0.4 is 20.2 Å². The van der Waals surface area contributed by atoms with Gasteiger partial charge in [-0.05, 0) is 31.2 Å². The molecule has 7 nitrogen and oxygen atoms in total. The maximum absolute atomic E-state index is 13.6. The fraction of sp³-hybridized carbons (Fsp3) is 0.211. The zero-order chi connectivity index (χ0) is 20.7. The molecule has 2 rings (SSSR count). The number of hydrogen-bond acceptors (Lipinski definition) is 5. The lowest BCUT2D eigenvalue weighted by Gasteiger charge is -2.09. The SMILES string of the molecule is COc1ccc(C(=O)N/N=C(/C)CC(=O)Nc2ccc(F)cc2F)c(OC)c1. The number of anilines is 1. The van der Waals surface area contributed by atoms with E-state index in [9.17, 15) is 18.4 Å². The zero-order valence-corrected chi connectivity index (χ0v) is 15.5. The first-order valence-corrected chi connectivity index (χ1v) is 8.14. The van der Waals surface area contributed by atoms with Gasteiger partial charge in [-0.15, -0.1) is 0 Å². The second kappa shape index (κ2) is 9.45. The van der Waals surface area contributed by atoms with Gasteiger partial charge in [-0.2, -0.15) is 5.10 Å². The molecule has 0 unspecified atom stereocenters. The lowest BCUT2D eigenvalue weighted by molar-refractivity contribution is -0.115. The summed E-state index contributed by atoms with van der Waals surface area (Å²) in [6.45, 7) is 1.52. The number of amides is 2. The van der Waals surface area contributed by atoms with E-state index >= 15 is 0 Å². The molecule has 0 spiro atoms. The summed E-state index contributed by atoms with van der Waals surface area (Å²) in [7, 11) is 2.91. The maximum atomic E-state index is 13.6. The average Bonchev–Trinajstić information content (AvgIpc) is 2.67. The first-order chi connectivity index (χ1) is 13.3. The minimum Gasteiger partial charge on any atom is -0.497 e. The number of carbonyl (C=O) groups excluding carboxylic acids is 2. The third-order valence-electron chi connectivity index (χ3n) is 3.62. The quantitative estimate of drug-likeness (QED) is 0.561. The van der Waals surface area contributed by atoms with E-state index in [0.717, 1.165) is 12.1 Å². The Morgan fingerprint density at radius 1 is 1.07 bits per heavy atom. The number of nitrogens with zero attached hydrogens (tertiary/aromatic N) is 1. The van der Waals surface area contributed by atoms with Gasteiger partial charge in [0.2, 0.25) is 5.91 Å². The number of methoxy groups -OCH3 is 2. The molecule has 0 bridgehead atoms. The normalized spacial score (nSPS) is 11.0. The third-order valence-corrected chi connectivity index (χ3v) is 3.62. The van der Waals surface area contributed by atoms with Crippen molar-refractivity contribution in [2.75, 3.05) is 19.5 Å². The van der Waals surface area contributed by atoms with Crippen LogP contribution in [0.3, 0.4) is 0 Å². The Kier molecular flexibility index (Phi) is 7.02. The van der Waals surface area contributed by atoms with Gasteiger partial charge < -0.3 is 14.8 Å². The lowest BCUT2D eigenvalue weighted by Crippen LogP contribution is -2.22. The van der Waals surface area contributed by atoms with Crippen LogP contribution in [0.2, 0.25) is 0 Å². The highest BCUT2D eigenvalue weighted by molar-refractivity contribution is 6.06. The van der Waals surface area contributed by atoms with Gasteiger partial charge in [-0.1, -0.05) is 0 Å². The van der Waals surface area contributed by atoms with Crippen molar-refractivity contribution in [2.24, 2.45) is 5.10 Å². The highest BCUT2D eigenvalue weighted by Crippen LogP contribution is 2.24. The molecule has 0 radical (unpaired) electrons. The van der Waals surface area contributed by atoms with Gasteiger partial charge in [0.05, 0.1) is 31.9 Å². The molecule has 0 saturated carbocycles. The molecule has 2 amide bonds. The van der Waals surface area contributed by atoms with Crippen LogP contribution in [0, 0.1) is 11.6 Å². The number of nitrogens with one attached hydrogen (secondary N) is 2. The summed E-state index contributed by atoms with van der Waals surface area (Å²) in [5.74, 6) is -1.91. The van der Waals surface area contributed by atoms with Crippen molar-refractivity contribution in [3.63, 3.8) is 0 Å². The van der Waals surface area contributed by atoms with Crippen molar-refractivity contribution in [1.82, 2.24) is 5.43 Å². The number of ether oxygens (including phenoxy) is 2. The summed E-state index contributed by atoms with van der Waals surface area (Å²) >= 11 is 0. The molecule has 28 heavy (non-hydrogen) atoms. The fourth-order valence-electron chi connectivity index (χ4n) is 2.25. The third kappa shape index (κ3) is 5.50. The van der Waals surface area contributed by atoms with Crippen molar-refractivity contribution in [2.45, 2.75) is 13.3 Å². The Bertz CT molecular complexity index is 916. The highest BCUT2D eigenvalue weighted by Gasteiger charge is 2.14. The van der Waals surface area contributed by atoms with Crippen LogP contribution in [0.4, 0.5) is 14.5 Å². The molecule has 2 aromatic rings. The van der Waals surface area contributed by atoms with E-state index in [4.69, 9.17) is 9.47 Å². The van der Waals surface area contributed by atoms with Crippen LogP contribution in [0.15, 0.2) is 41.5 Å². The van der Waals surface area contributed by atoms with Gasteiger partial charge in [0, 0.05) is 17.8 Å². The second-order valence-electron chi connectivity index (χ2n) is 5.70. The Balaban J connectivity index is 1.98. The van der Waals surface area contributed by atoms with Crippen LogP contribution >= 0.6 is 0 Å². The fourth-order valence-corrected chi connectivity index (χ4v) is 2.25. The molecule has 0 heterocycles. The number of hydrogen-bond donors (Lipinski definition) is 2. The number of benzene rings is 2. The largest absolute Gasteiger partial charge is 0.497 e. The van der Waals surface area contributed by atoms with Crippen molar-refractivity contribution in [3.8, 4) is 11.5 Å². The van der Waals surface area contributed by atoms with E-state index in [0.29, 0.717) is 17.6 Å². The standard InChI is InChI=1S/C19H19F2N3O4/c1-11(8-18(25)22-16-7-4-12(20)9-15(16)21)23-24-19(26)14-6-5-13(27-2)10-17(14)28-3/h4-7,9-10H,8H2,1-3H3,(H,22,25)(H,24,26)/b23-11-.